The van der Waals surface area contributed by atoms with Gasteiger partial charge in [-0.2, -0.15) is 0 Å². The molecule has 0 radical (unpaired) electrons. The molecule has 0 fully saturated rings. The van der Waals surface area contributed by atoms with Gasteiger partial charge in [0.2, 0.25) is 0 Å². The molecule has 0 aromatic heterocycles. The third-order valence-corrected chi connectivity index (χ3v) is 6.20. The van der Waals surface area contributed by atoms with Crippen molar-refractivity contribution in [2.24, 2.45) is 0 Å². The van der Waals surface area contributed by atoms with Crippen LogP contribution in [0.2, 0.25) is 0 Å². The monoisotopic (exact) mass is 522 g/mol. The van der Waals surface area contributed by atoms with Crippen molar-refractivity contribution in [3.8, 4) is 11.5 Å². The average Bonchev–Trinajstić information content (AvgIpc) is 2.93. The lowest BCUT2D eigenvalue weighted by molar-refractivity contribution is 0.213. The normalized spacial score (nSPS) is 10.5. The predicted octanol–water partition coefficient (Wildman–Crippen LogP) is 8.40. The molecule has 4 aromatic carbocycles. The molecule has 0 heterocycles. The Balaban J connectivity index is 1.28. The molecule has 0 atom stereocenters. The van der Waals surface area contributed by atoms with Crippen LogP contribution in [0.1, 0.15) is 48.9 Å². The molecule has 39 heavy (non-hydrogen) atoms. The third-order valence-electron chi connectivity index (χ3n) is 6.20. The lowest BCUT2D eigenvalue weighted by Crippen LogP contribution is -2.17. The summed E-state index contributed by atoms with van der Waals surface area (Å²) in [4.78, 5) is 24.8. The van der Waals surface area contributed by atoms with Gasteiger partial charge in [0.1, 0.15) is 11.5 Å². The van der Waals surface area contributed by atoms with E-state index in [0.29, 0.717) is 29.3 Å². The summed E-state index contributed by atoms with van der Waals surface area (Å²) >= 11 is 0. The van der Waals surface area contributed by atoms with Gasteiger partial charge in [-0.15, -0.1) is 0 Å². The quantitative estimate of drug-likeness (QED) is 0.219. The number of carbonyl (C=O) groups excluding carboxylic acids is 2. The smallest absolute Gasteiger partial charge is 0.410 e. The van der Waals surface area contributed by atoms with Gasteiger partial charge in [-0.3, -0.25) is 10.6 Å². The number of para-hydroxylation sites is 2. The van der Waals surface area contributed by atoms with Crippen LogP contribution in [0.4, 0.5) is 21.0 Å². The van der Waals surface area contributed by atoms with Crippen molar-refractivity contribution in [2.75, 3.05) is 10.6 Å². The number of carbonyl (C=O) groups is 2. The first kappa shape index (κ1) is 27.5. The SMILES string of the molecule is CCCc1ccccc1OC(=O)Nc1ccc(Cc2ccc(NC(=O)Oc3ccccc3CCC)cc2)cc1. The van der Waals surface area contributed by atoms with Gasteiger partial charge in [-0.1, -0.05) is 87.4 Å². The molecule has 0 aliphatic rings. The average molecular weight is 523 g/mol. The van der Waals surface area contributed by atoms with Crippen LogP contribution in [0.15, 0.2) is 97.1 Å². The molecular weight excluding hydrogens is 488 g/mol. The molecule has 200 valence electrons. The number of benzene rings is 4. The van der Waals surface area contributed by atoms with E-state index >= 15 is 0 Å². The second-order valence-corrected chi connectivity index (χ2v) is 9.32. The van der Waals surface area contributed by atoms with Gasteiger partial charge in [-0.25, -0.2) is 9.59 Å². The van der Waals surface area contributed by atoms with E-state index in [1.165, 1.54) is 0 Å². The molecule has 6 nitrogen and oxygen atoms in total. The number of anilines is 2. The fraction of sp³-hybridized carbons (Fsp3) is 0.212. The Labute approximate surface area is 230 Å². The minimum absolute atomic E-state index is 0.512. The van der Waals surface area contributed by atoms with Crippen LogP contribution in [0.25, 0.3) is 0 Å². The maximum Gasteiger partial charge on any atom is 0.417 e. The van der Waals surface area contributed by atoms with Gasteiger partial charge in [0.05, 0.1) is 0 Å². The number of amides is 2. The molecule has 0 saturated carbocycles. The van der Waals surface area contributed by atoms with Crippen LogP contribution < -0.4 is 20.1 Å². The Bertz CT molecular complexity index is 1270. The maximum absolute atomic E-state index is 12.4. The van der Waals surface area contributed by atoms with Crippen molar-refractivity contribution in [3.05, 3.63) is 119 Å². The molecule has 0 spiro atoms. The van der Waals surface area contributed by atoms with Crippen LogP contribution in [0.3, 0.4) is 0 Å². The Hall–Kier alpha value is -4.58. The Morgan fingerprint density at radius 1 is 0.564 bits per heavy atom. The summed E-state index contributed by atoms with van der Waals surface area (Å²) in [5.74, 6) is 1.17. The molecule has 2 N–H and O–H groups in total. The Kier molecular flexibility index (Phi) is 9.73. The number of ether oxygens (including phenoxy) is 2. The standard InChI is InChI=1S/C33H34N2O4/c1-3-9-26-11-5-7-13-30(26)38-32(36)34-28-19-15-24(16-20-28)23-25-17-21-29(22-18-25)35-33(37)39-31-14-8-6-12-27(31)10-4-2/h5-8,11-22H,3-4,9-10,23H2,1-2H3,(H,34,36)(H,35,37). The van der Waals surface area contributed by atoms with Crippen molar-refractivity contribution >= 4 is 23.6 Å². The molecule has 0 aliphatic carbocycles. The van der Waals surface area contributed by atoms with E-state index in [2.05, 4.69) is 24.5 Å². The molecule has 6 heteroatoms. The molecule has 4 aromatic rings. The van der Waals surface area contributed by atoms with E-state index in [1.54, 1.807) is 0 Å². The fourth-order valence-corrected chi connectivity index (χ4v) is 4.29. The van der Waals surface area contributed by atoms with Crippen molar-refractivity contribution in [2.45, 2.75) is 46.0 Å². The first-order valence-electron chi connectivity index (χ1n) is 13.4. The third kappa shape index (κ3) is 8.20. The highest BCUT2D eigenvalue weighted by atomic mass is 16.6. The van der Waals surface area contributed by atoms with Gasteiger partial charge in [0.25, 0.3) is 0 Å². The van der Waals surface area contributed by atoms with Gasteiger partial charge >= 0.3 is 12.2 Å². The summed E-state index contributed by atoms with van der Waals surface area (Å²) in [6.45, 7) is 4.19. The largest absolute Gasteiger partial charge is 0.417 e. The number of nitrogens with one attached hydrogen (secondary N) is 2. The first-order chi connectivity index (χ1) is 19.0. The molecule has 0 aliphatic heterocycles. The van der Waals surface area contributed by atoms with E-state index in [9.17, 15) is 9.59 Å². The van der Waals surface area contributed by atoms with Gasteiger partial charge < -0.3 is 9.47 Å². The van der Waals surface area contributed by atoms with Crippen LogP contribution >= 0.6 is 0 Å². The minimum Gasteiger partial charge on any atom is -0.410 e. The van der Waals surface area contributed by atoms with Gasteiger partial charge in [0, 0.05) is 11.4 Å². The first-order valence-corrected chi connectivity index (χ1v) is 13.4. The second-order valence-electron chi connectivity index (χ2n) is 9.32. The zero-order valence-corrected chi connectivity index (χ0v) is 22.4. The summed E-state index contributed by atoms with van der Waals surface area (Å²) in [5, 5.41) is 5.58. The number of rotatable bonds is 10. The molecule has 4 rings (SSSR count). The van der Waals surface area contributed by atoms with Crippen LogP contribution in [-0.2, 0) is 19.3 Å². The Morgan fingerprint density at radius 2 is 0.949 bits per heavy atom. The summed E-state index contributed by atoms with van der Waals surface area (Å²) < 4.78 is 11.1. The number of hydrogen-bond acceptors (Lipinski definition) is 4. The zero-order valence-electron chi connectivity index (χ0n) is 22.4. The number of aryl methyl sites for hydroxylation is 2. The molecule has 2 amide bonds. The zero-order chi connectivity index (χ0) is 27.5. The summed E-state index contributed by atoms with van der Waals surface area (Å²) in [5.41, 5.74) is 5.54. The Morgan fingerprint density at radius 3 is 1.33 bits per heavy atom. The summed E-state index contributed by atoms with van der Waals surface area (Å²) in [6, 6.07) is 30.5. The van der Waals surface area contributed by atoms with E-state index in [0.717, 1.165) is 47.9 Å². The van der Waals surface area contributed by atoms with E-state index in [4.69, 9.17) is 9.47 Å². The second kappa shape index (κ2) is 13.8. The predicted molar refractivity (Wildman–Crippen MR) is 156 cm³/mol. The van der Waals surface area contributed by atoms with Crippen LogP contribution in [0, 0.1) is 0 Å². The van der Waals surface area contributed by atoms with Crippen molar-refractivity contribution in [3.63, 3.8) is 0 Å². The van der Waals surface area contributed by atoms with E-state index in [1.807, 2.05) is 97.1 Å². The minimum atomic E-state index is -0.512. The van der Waals surface area contributed by atoms with Gasteiger partial charge in [-0.05, 0) is 77.9 Å². The van der Waals surface area contributed by atoms with Crippen molar-refractivity contribution < 1.29 is 19.1 Å². The van der Waals surface area contributed by atoms with Crippen LogP contribution in [-0.4, -0.2) is 12.2 Å². The maximum atomic E-state index is 12.4. The molecule has 0 unspecified atom stereocenters. The highest BCUT2D eigenvalue weighted by Gasteiger charge is 2.10. The van der Waals surface area contributed by atoms with E-state index < -0.39 is 12.2 Å². The van der Waals surface area contributed by atoms with Crippen molar-refractivity contribution in [1.82, 2.24) is 0 Å². The summed E-state index contributed by atoms with van der Waals surface area (Å²) in [7, 11) is 0. The van der Waals surface area contributed by atoms with E-state index in [-0.39, 0.29) is 0 Å². The molecule has 0 saturated heterocycles. The number of hydrogen-bond donors (Lipinski definition) is 2. The van der Waals surface area contributed by atoms with Crippen LogP contribution in [0.5, 0.6) is 11.5 Å². The highest BCUT2D eigenvalue weighted by Crippen LogP contribution is 2.22. The highest BCUT2D eigenvalue weighted by molar-refractivity contribution is 5.87. The van der Waals surface area contributed by atoms with Crippen molar-refractivity contribution in [1.29, 1.82) is 0 Å². The lowest BCUT2D eigenvalue weighted by atomic mass is 10.0. The fourth-order valence-electron chi connectivity index (χ4n) is 4.29. The van der Waals surface area contributed by atoms with Gasteiger partial charge in [0.15, 0.2) is 0 Å². The summed E-state index contributed by atoms with van der Waals surface area (Å²) in [6.07, 6.45) is 3.35. The molecular formula is C33H34N2O4. The molecule has 0 bridgehead atoms. The topological polar surface area (TPSA) is 76.7 Å². The lowest BCUT2D eigenvalue weighted by Gasteiger charge is -2.11.